The van der Waals surface area contributed by atoms with Crippen LogP contribution in [0.2, 0.25) is 0 Å². The molecule has 1 atom stereocenters. The first kappa shape index (κ1) is 14.5. The second-order valence-electron chi connectivity index (χ2n) is 5.06. The number of carbonyl (C=O) groups is 2. The fourth-order valence-electron chi connectivity index (χ4n) is 2.44. The molecule has 108 valence electrons. The summed E-state index contributed by atoms with van der Waals surface area (Å²) in [5.74, 6) is -0.288. The standard InChI is InChI=1S/C15H20N2O3/c1-10-4-5-11(2)12(8-10)15-16-9-13(18)17(15)7-6-14(19)20-3/h4-5,8,15-16H,6-7,9H2,1-3H3. The van der Waals surface area contributed by atoms with Gasteiger partial charge in [-0.2, -0.15) is 0 Å². The average Bonchev–Trinajstić information content (AvgIpc) is 2.80. The summed E-state index contributed by atoms with van der Waals surface area (Å²) in [6, 6.07) is 6.18. The van der Waals surface area contributed by atoms with E-state index in [2.05, 4.69) is 16.1 Å². The van der Waals surface area contributed by atoms with Crippen LogP contribution in [0.1, 0.15) is 29.3 Å². The Kier molecular flexibility index (Phi) is 4.39. The third-order valence-electron chi connectivity index (χ3n) is 3.59. The van der Waals surface area contributed by atoms with Gasteiger partial charge in [-0.05, 0) is 25.0 Å². The highest BCUT2D eigenvalue weighted by Gasteiger charge is 2.32. The van der Waals surface area contributed by atoms with Crippen molar-refractivity contribution in [2.24, 2.45) is 0 Å². The van der Waals surface area contributed by atoms with Gasteiger partial charge in [0.15, 0.2) is 0 Å². The van der Waals surface area contributed by atoms with E-state index in [1.807, 2.05) is 26.0 Å². The van der Waals surface area contributed by atoms with E-state index in [0.29, 0.717) is 13.1 Å². The zero-order valence-corrected chi connectivity index (χ0v) is 12.1. The number of methoxy groups -OCH3 is 1. The van der Waals surface area contributed by atoms with Gasteiger partial charge in [-0.25, -0.2) is 0 Å². The summed E-state index contributed by atoms with van der Waals surface area (Å²) in [6.07, 6.45) is 0.0534. The van der Waals surface area contributed by atoms with Gasteiger partial charge in [0.2, 0.25) is 5.91 Å². The molecule has 1 amide bonds. The van der Waals surface area contributed by atoms with Crippen LogP contribution >= 0.6 is 0 Å². The van der Waals surface area contributed by atoms with Crippen molar-refractivity contribution in [3.05, 3.63) is 34.9 Å². The number of rotatable bonds is 4. The molecule has 1 unspecified atom stereocenters. The molecule has 5 heteroatoms. The van der Waals surface area contributed by atoms with Crippen LogP contribution in [0.15, 0.2) is 18.2 Å². The molecular formula is C15H20N2O3. The maximum Gasteiger partial charge on any atom is 0.307 e. The maximum atomic E-state index is 12.0. The van der Waals surface area contributed by atoms with Gasteiger partial charge in [0.25, 0.3) is 0 Å². The van der Waals surface area contributed by atoms with Crippen molar-refractivity contribution in [1.82, 2.24) is 10.2 Å². The molecule has 0 spiro atoms. The summed E-state index contributed by atoms with van der Waals surface area (Å²) in [4.78, 5) is 24.9. The summed E-state index contributed by atoms with van der Waals surface area (Å²) in [5, 5.41) is 3.21. The highest BCUT2D eigenvalue weighted by Crippen LogP contribution is 2.26. The Hall–Kier alpha value is -1.88. The molecule has 0 aromatic heterocycles. The molecule has 1 aromatic rings. The van der Waals surface area contributed by atoms with Crippen LogP contribution in [0.4, 0.5) is 0 Å². The molecular weight excluding hydrogens is 256 g/mol. The predicted molar refractivity (Wildman–Crippen MR) is 75.0 cm³/mol. The molecule has 1 fully saturated rings. The van der Waals surface area contributed by atoms with E-state index >= 15 is 0 Å². The maximum absolute atomic E-state index is 12.0. The number of hydrogen-bond acceptors (Lipinski definition) is 4. The minimum Gasteiger partial charge on any atom is -0.469 e. The lowest BCUT2D eigenvalue weighted by Crippen LogP contribution is -2.33. The van der Waals surface area contributed by atoms with E-state index in [1.165, 1.54) is 7.11 Å². The number of ether oxygens (including phenoxy) is 1. The molecule has 1 aliphatic rings. The van der Waals surface area contributed by atoms with Crippen LogP contribution < -0.4 is 5.32 Å². The zero-order valence-electron chi connectivity index (χ0n) is 12.1. The third kappa shape index (κ3) is 2.99. The molecule has 5 nitrogen and oxygen atoms in total. The van der Waals surface area contributed by atoms with Gasteiger partial charge in [0.1, 0.15) is 6.17 Å². The largest absolute Gasteiger partial charge is 0.469 e. The number of carbonyl (C=O) groups excluding carboxylic acids is 2. The number of aryl methyl sites for hydroxylation is 2. The SMILES string of the molecule is COC(=O)CCN1C(=O)CNC1c1cc(C)ccc1C. The average molecular weight is 276 g/mol. The van der Waals surface area contributed by atoms with Crippen molar-refractivity contribution in [3.8, 4) is 0 Å². The quantitative estimate of drug-likeness (QED) is 0.842. The predicted octanol–water partition coefficient (Wildman–Crippen LogP) is 1.30. The van der Waals surface area contributed by atoms with E-state index in [1.54, 1.807) is 4.90 Å². The van der Waals surface area contributed by atoms with Crippen LogP contribution in [0.3, 0.4) is 0 Å². The molecule has 0 saturated carbocycles. The zero-order chi connectivity index (χ0) is 14.7. The lowest BCUT2D eigenvalue weighted by Gasteiger charge is -2.25. The van der Waals surface area contributed by atoms with Gasteiger partial charge in [-0.15, -0.1) is 0 Å². The molecule has 1 saturated heterocycles. The van der Waals surface area contributed by atoms with Crippen LogP contribution in [0.5, 0.6) is 0 Å². The number of amides is 1. The topological polar surface area (TPSA) is 58.6 Å². The smallest absolute Gasteiger partial charge is 0.307 e. The monoisotopic (exact) mass is 276 g/mol. The molecule has 2 rings (SSSR count). The van der Waals surface area contributed by atoms with Crippen molar-refractivity contribution in [1.29, 1.82) is 0 Å². The van der Waals surface area contributed by atoms with Gasteiger partial charge in [0.05, 0.1) is 20.1 Å². The number of nitrogens with one attached hydrogen (secondary N) is 1. The molecule has 0 bridgehead atoms. The Morgan fingerprint density at radius 2 is 2.20 bits per heavy atom. The Morgan fingerprint density at radius 3 is 2.90 bits per heavy atom. The molecule has 20 heavy (non-hydrogen) atoms. The minimum atomic E-state index is -0.301. The molecule has 0 aliphatic carbocycles. The van der Waals surface area contributed by atoms with E-state index in [4.69, 9.17) is 0 Å². The summed E-state index contributed by atoms with van der Waals surface area (Å²) >= 11 is 0. The molecule has 1 aromatic carbocycles. The van der Waals surface area contributed by atoms with E-state index in [9.17, 15) is 9.59 Å². The molecule has 0 radical (unpaired) electrons. The first-order valence-corrected chi connectivity index (χ1v) is 6.69. The summed E-state index contributed by atoms with van der Waals surface area (Å²) in [5.41, 5.74) is 3.37. The summed E-state index contributed by atoms with van der Waals surface area (Å²) < 4.78 is 4.63. The number of benzene rings is 1. The minimum absolute atomic E-state index is 0.0137. The number of esters is 1. The Labute approximate surface area is 118 Å². The van der Waals surface area contributed by atoms with Gasteiger partial charge < -0.3 is 9.64 Å². The van der Waals surface area contributed by atoms with Gasteiger partial charge >= 0.3 is 5.97 Å². The van der Waals surface area contributed by atoms with E-state index in [-0.39, 0.29) is 24.5 Å². The molecule has 1 aliphatic heterocycles. The fraction of sp³-hybridized carbons (Fsp3) is 0.467. The number of hydrogen-bond donors (Lipinski definition) is 1. The third-order valence-corrected chi connectivity index (χ3v) is 3.59. The molecule has 1 heterocycles. The van der Waals surface area contributed by atoms with Gasteiger partial charge in [-0.1, -0.05) is 23.8 Å². The molecule has 1 N–H and O–H groups in total. The second kappa shape index (κ2) is 6.05. The van der Waals surface area contributed by atoms with Crippen LogP contribution in [-0.4, -0.2) is 37.0 Å². The van der Waals surface area contributed by atoms with E-state index in [0.717, 1.165) is 16.7 Å². The lowest BCUT2D eigenvalue weighted by atomic mass is 10.0. The Bertz CT molecular complexity index is 528. The Balaban J connectivity index is 2.19. The number of nitrogens with zero attached hydrogens (tertiary/aromatic N) is 1. The lowest BCUT2D eigenvalue weighted by molar-refractivity contribution is -0.141. The van der Waals surface area contributed by atoms with Crippen molar-refractivity contribution in [3.63, 3.8) is 0 Å². The first-order valence-electron chi connectivity index (χ1n) is 6.69. The van der Waals surface area contributed by atoms with Crippen molar-refractivity contribution >= 4 is 11.9 Å². The summed E-state index contributed by atoms with van der Waals surface area (Å²) in [7, 11) is 1.36. The second-order valence-corrected chi connectivity index (χ2v) is 5.06. The first-order chi connectivity index (χ1) is 9.52. The summed E-state index contributed by atoms with van der Waals surface area (Å²) in [6.45, 7) is 4.73. The Morgan fingerprint density at radius 1 is 1.45 bits per heavy atom. The fourth-order valence-corrected chi connectivity index (χ4v) is 2.44. The van der Waals surface area contributed by atoms with Crippen molar-refractivity contribution in [2.45, 2.75) is 26.4 Å². The van der Waals surface area contributed by atoms with Crippen LogP contribution in [0, 0.1) is 13.8 Å². The van der Waals surface area contributed by atoms with Crippen molar-refractivity contribution < 1.29 is 14.3 Å². The normalized spacial score (nSPS) is 18.4. The highest BCUT2D eigenvalue weighted by molar-refractivity contribution is 5.81. The van der Waals surface area contributed by atoms with Crippen molar-refractivity contribution in [2.75, 3.05) is 20.2 Å². The van der Waals surface area contributed by atoms with Crippen LogP contribution in [-0.2, 0) is 14.3 Å². The van der Waals surface area contributed by atoms with Gasteiger partial charge in [-0.3, -0.25) is 14.9 Å². The highest BCUT2D eigenvalue weighted by atomic mass is 16.5. The van der Waals surface area contributed by atoms with Gasteiger partial charge in [0, 0.05) is 6.54 Å². The van der Waals surface area contributed by atoms with Crippen LogP contribution in [0.25, 0.3) is 0 Å². The van der Waals surface area contributed by atoms with E-state index < -0.39 is 0 Å².